The zero-order chi connectivity index (χ0) is 13.2. The molecule has 1 fully saturated rings. The minimum absolute atomic E-state index is 0.151. The monoisotopic (exact) mass is 255 g/mol. The fourth-order valence-corrected chi connectivity index (χ4v) is 2.27. The maximum absolute atomic E-state index is 11.8. The predicted molar refractivity (Wildman–Crippen MR) is 74.3 cm³/mol. The zero-order valence-electron chi connectivity index (χ0n) is 11.0. The molecular formula is C15H17N3O. The van der Waals surface area contributed by atoms with Crippen LogP contribution in [0, 0.1) is 12.8 Å². The largest absolute Gasteiger partial charge is 0.326 e. The predicted octanol–water partition coefficient (Wildman–Crippen LogP) is 2.92. The molecule has 1 heterocycles. The van der Waals surface area contributed by atoms with Crippen LogP contribution in [-0.2, 0) is 4.79 Å². The summed E-state index contributed by atoms with van der Waals surface area (Å²) in [5, 5.41) is 2.97. The zero-order valence-corrected chi connectivity index (χ0v) is 11.0. The molecule has 19 heavy (non-hydrogen) atoms. The van der Waals surface area contributed by atoms with Crippen molar-refractivity contribution < 1.29 is 4.79 Å². The quantitative estimate of drug-likeness (QED) is 0.916. The summed E-state index contributed by atoms with van der Waals surface area (Å²) in [6, 6.07) is 7.85. The van der Waals surface area contributed by atoms with Crippen LogP contribution in [0.1, 0.15) is 25.1 Å². The van der Waals surface area contributed by atoms with E-state index in [2.05, 4.69) is 10.3 Å². The average molecular weight is 255 g/mol. The van der Waals surface area contributed by atoms with E-state index in [0.29, 0.717) is 0 Å². The molecule has 4 nitrogen and oxygen atoms in total. The first-order valence-electron chi connectivity index (χ1n) is 6.65. The lowest BCUT2D eigenvalue weighted by Gasteiger charge is -2.24. The van der Waals surface area contributed by atoms with Crippen LogP contribution in [0.2, 0.25) is 0 Å². The van der Waals surface area contributed by atoms with E-state index in [4.69, 9.17) is 0 Å². The summed E-state index contributed by atoms with van der Waals surface area (Å²) in [4.78, 5) is 16.0. The van der Waals surface area contributed by atoms with E-state index in [1.807, 2.05) is 42.0 Å². The van der Waals surface area contributed by atoms with Crippen LogP contribution < -0.4 is 5.32 Å². The third-order valence-electron chi connectivity index (χ3n) is 3.71. The Kier molecular flexibility index (Phi) is 3.07. The number of hydrogen-bond acceptors (Lipinski definition) is 2. The van der Waals surface area contributed by atoms with Gasteiger partial charge >= 0.3 is 0 Å². The van der Waals surface area contributed by atoms with Crippen LogP contribution in [0.15, 0.2) is 36.7 Å². The van der Waals surface area contributed by atoms with Gasteiger partial charge in [0.25, 0.3) is 0 Å². The molecule has 0 aliphatic heterocycles. The van der Waals surface area contributed by atoms with E-state index < -0.39 is 0 Å². The Morgan fingerprint density at radius 3 is 2.58 bits per heavy atom. The van der Waals surface area contributed by atoms with Crippen molar-refractivity contribution in [2.24, 2.45) is 5.92 Å². The second-order valence-electron chi connectivity index (χ2n) is 5.01. The van der Waals surface area contributed by atoms with Crippen LogP contribution in [-0.4, -0.2) is 15.5 Å². The molecule has 2 aromatic rings. The number of hydrogen-bond donors (Lipinski definition) is 1. The summed E-state index contributed by atoms with van der Waals surface area (Å²) in [5.74, 6) is 1.32. The van der Waals surface area contributed by atoms with Gasteiger partial charge < -0.3 is 9.88 Å². The number of aryl methyl sites for hydroxylation is 1. The molecule has 4 heteroatoms. The number of aromatic nitrogens is 2. The van der Waals surface area contributed by atoms with Crippen LogP contribution in [0.25, 0.3) is 5.69 Å². The maximum Gasteiger partial charge on any atom is 0.227 e. The third-order valence-corrected chi connectivity index (χ3v) is 3.71. The van der Waals surface area contributed by atoms with Gasteiger partial charge in [0.2, 0.25) is 5.91 Å². The van der Waals surface area contributed by atoms with Gasteiger partial charge in [-0.1, -0.05) is 6.42 Å². The summed E-state index contributed by atoms with van der Waals surface area (Å²) in [6.07, 6.45) is 6.94. The topological polar surface area (TPSA) is 46.9 Å². The molecule has 0 unspecified atom stereocenters. The Balaban J connectivity index is 1.72. The molecule has 3 rings (SSSR count). The average Bonchev–Trinajstić information content (AvgIpc) is 2.74. The number of anilines is 1. The van der Waals surface area contributed by atoms with Gasteiger partial charge in [0.1, 0.15) is 5.82 Å². The molecule has 0 spiro atoms. The molecular weight excluding hydrogens is 238 g/mol. The first kappa shape index (κ1) is 12.0. The van der Waals surface area contributed by atoms with Crippen molar-refractivity contribution in [2.45, 2.75) is 26.2 Å². The van der Waals surface area contributed by atoms with Crippen LogP contribution in [0.3, 0.4) is 0 Å². The molecule has 1 aromatic heterocycles. The molecule has 0 saturated heterocycles. The van der Waals surface area contributed by atoms with Crippen molar-refractivity contribution in [1.29, 1.82) is 0 Å². The summed E-state index contributed by atoms with van der Waals surface area (Å²) in [6.45, 7) is 1.96. The summed E-state index contributed by atoms with van der Waals surface area (Å²) >= 11 is 0. The Bertz CT molecular complexity index is 582. The molecule has 1 amide bonds. The second kappa shape index (κ2) is 4.88. The SMILES string of the molecule is Cc1nccn1-c1ccc(NC(=O)C2CCC2)cc1. The van der Waals surface area contributed by atoms with Gasteiger partial charge in [0.05, 0.1) is 0 Å². The number of carbonyl (C=O) groups excluding carboxylic acids is 1. The fraction of sp³-hybridized carbons (Fsp3) is 0.333. The summed E-state index contributed by atoms with van der Waals surface area (Å²) in [5.41, 5.74) is 1.91. The van der Waals surface area contributed by atoms with E-state index in [0.717, 1.165) is 30.0 Å². The van der Waals surface area contributed by atoms with Gasteiger partial charge in [-0.25, -0.2) is 4.98 Å². The number of amides is 1. The number of imidazole rings is 1. The van der Waals surface area contributed by atoms with Gasteiger partial charge in [0, 0.05) is 29.7 Å². The molecule has 1 N–H and O–H groups in total. The standard InChI is InChI=1S/C15H17N3O/c1-11-16-9-10-18(11)14-7-5-13(6-8-14)17-15(19)12-3-2-4-12/h5-10,12H,2-4H2,1H3,(H,17,19). The van der Waals surface area contributed by atoms with Crippen LogP contribution in [0.5, 0.6) is 0 Å². The molecule has 98 valence electrons. The van der Waals surface area contributed by atoms with Crippen LogP contribution in [0.4, 0.5) is 5.69 Å². The molecule has 0 radical (unpaired) electrons. The number of nitrogens with zero attached hydrogens (tertiary/aromatic N) is 2. The van der Waals surface area contributed by atoms with E-state index in [-0.39, 0.29) is 11.8 Å². The molecule has 0 atom stereocenters. The first-order chi connectivity index (χ1) is 9.24. The summed E-state index contributed by atoms with van der Waals surface area (Å²) < 4.78 is 2.01. The van der Waals surface area contributed by atoms with E-state index in [1.165, 1.54) is 6.42 Å². The van der Waals surface area contributed by atoms with Gasteiger partial charge in [0.15, 0.2) is 0 Å². The fourth-order valence-electron chi connectivity index (χ4n) is 2.27. The third kappa shape index (κ3) is 2.38. The highest BCUT2D eigenvalue weighted by atomic mass is 16.1. The van der Waals surface area contributed by atoms with Gasteiger partial charge in [-0.2, -0.15) is 0 Å². The van der Waals surface area contributed by atoms with Gasteiger partial charge in [-0.05, 0) is 44.0 Å². The lowest BCUT2D eigenvalue weighted by molar-refractivity contribution is -0.122. The number of benzene rings is 1. The van der Waals surface area contributed by atoms with E-state index in [1.54, 1.807) is 6.20 Å². The highest BCUT2D eigenvalue weighted by Crippen LogP contribution is 2.27. The Morgan fingerprint density at radius 1 is 1.32 bits per heavy atom. The van der Waals surface area contributed by atoms with Crippen molar-refractivity contribution in [3.8, 4) is 5.69 Å². The Labute approximate surface area is 112 Å². The first-order valence-corrected chi connectivity index (χ1v) is 6.65. The minimum atomic E-state index is 0.151. The highest BCUT2D eigenvalue weighted by Gasteiger charge is 2.24. The van der Waals surface area contributed by atoms with E-state index in [9.17, 15) is 4.79 Å². The number of rotatable bonds is 3. The van der Waals surface area contributed by atoms with Gasteiger partial charge in [-0.15, -0.1) is 0 Å². The molecule has 1 aliphatic carbocycles. The molecule has 1 aromatic carbocycles. The summed E-state index contributed by atoms with van der Waals surface area (Å²) in [7, 11) is 0. The molecule has 1 aliphatic rings. The van der Waals surface area contributed by atoms with Crippen LogP contribution >= 0.6 is 0 Å². The highest BCUT2D eigenvalue weighted by molar-refractivity contribution is 5.93. The molecule has 1 saturated carbocycles. The Hall–Kier alpha value is -2.10. The molecule has 0 bridgehead atoms. The second-order valence-corrected chi connectivity index (χ2v) is 5.01. The van der Waals surface area contributed by atoms with Crippen molar-refractivity contribution in [2.75, 3.05) is 5.32 Å². The smallest absolute Gasteiger partial charge is 0.227 e. The Morgan fingerprint density at radius 2 is 2.05 bits per heavy atom. The minimum Gasteiger partial charge on any atom is -0.326 e. The van der Waals surface area contributed by atoms with Crippen molar-refractivity contribution in [3.63, 3.8) is 0 Å². The lowest BCUT2D eigenvalue weighted by atomic mass is 9.85. The lowest BCUT2D eigenvalue weighted by Crippen LogP contribution is -2.27. The van der Waals surface area contributed by atoms with E-state index >= 15 is 0 Å². The van der Waals surface area contributed by atoms with Crippen molar-refractivity contribution >= 4 is 11.6 Å². The van der Waals surface area contributed by atoms with Crippen molar-refractivity contribution in [1.82, 2.24) is 9.55 Å². The number of nitrogens with one attached hydrogen (secondary N) is 1. The number of carbonyl (C=O) groups is 1. The maximum atomic E-state index is 11.8. The normalized spacial score (nSPS) is 15.0. The van der Waals surface area contributed by atoms with Gasteiger partial charge in [-0.3, -0.25) is 4.79 Å². The van der Waals surface area contributed by atoms with Crippen molar-refractivity contribution in [3.05, 3.63) is 42.5 Å².